The molecule has 0 N–H and O–H groups in total. The number of hydrogen-bond acceptors (Lipinski definition) is 5. The van der Waals surface area contributed by atoms with Crippen LogP contribution in [-0.2, 0) is 30.2 Å². The van der Waals surface area contributed by atoms with E-state index in [-0.39, 0.29) is 0 Å². The Hall–Kier alpha value is -1.88. The van der Waals surface area contributed by atoms with E-state index in [4.69, 9.17) is 9.47 Å². The van der Waals surface area contributed by atoms with Gasteiger partial charge in [-0.15, -0.1) is 0 Å². The van der Waals surface area contributed by atoms with Gasteiger partial charge in [-0.05, 0) is 5.56 Å². The van der Waals surface area contributed by atoms with Gasteiger partial charge in [0.05, 0.1) is 14.2 Å². The molecule has 1 aliphatic heterocycles. The molecule has 5 heteroatoms. The number of benzene rings is 1. The fourth-order valence-corrected chi connectivity index (χ4v) is 1.96. The number of carbonyl (C=O) groups is 2. The molecule has 1 saturated heterocycles. The van der Waals surface area contributed by atoms with Crippen molar-refractivity contribution < 1.29 is 23.8 Å². The number of hydrogen-bond donors (Lipinski definition) is 0. The van der Waals surface area contributed by atoms with E-state index in [0.717, 1.165) is 5.56 Å². The summed E-state index contributed by atoms with van der Waals surface area (Å²) in [7, 11) is 2.53. The molecule has 2 rings (SSSR count). The van der Waals surface area contributed by atoms with Gasteiger partial charge in [-0.1, -0.05) is 30.3 Å². The van der Waals surface area contributed by atoms with Crippen LogP contribution in [0.15, 0.2) is 30.3 Å². The first kappa shape index (κ1) is 12.6. The zero-order chi connectivity index (χ0) is 13.2. The molecule has 2 atom stereocenters. The van der Waals surface area contributed by atoms with Crippen LogP contribution in [0, 0.1) is 0 Å². The second kappa shape index (κ2) is 4.78. The number of rotatable bonds is 4. The van der Waals surface area contributed by atoms with Gasteiger partial charge >= 0.3 is 11.9 Å². The van der Waals surface area contributed by atoms with Crippen molar-refractivity contribution in [3.63, 3.8) is 0 Å². The normalized spacial score (nSPS) is 25.3. The van der Waals surface area contributed by atoms with E-state index in [1.807, 2.05) is 30.3 Å². The second-order valence-electron chi connectivity index (χ2n) is 4.06. The highest BCUT2D eigenvalue weighted by molar-refractivity contribution is 5.94. The highest BCUT2D eigenvalue weighted by atomic mass is 16.7. The molecule has 0 unspecified atom stereocenters. The van der Waals surface area contributed by atoms with Gasteiger partial charge in [0.25, 0.3) is 0 Å². The molecule has 0 spiro atoms. The minimum atomic E-state index is -1.23. The fraction of sp³-hybridized carbons (Fsp3) is 0.385. The second-order valence-corrected chi connectivity index (χ2v) is 4.06. The van der Waals surface area contributed by atoms with Gasteiger partial charge in [-0.25, -0.2) is 9.59 Å². The predicted molar refractivity (Wildman–Crippen MR) is 61.8 cm³/mol. The molecule has 1 aromatic carbocycles. The van der Waals surface area contributed by atoms with E-state index >= 15 is 0 Å². The van der Waals surface area contributed by atoms with Crippen molar-refractivity contribution >= 4 is 11.9 Å². The minimum Gasteiger partial charge on any atom is -0.467 e. The zero-order valence-corrected chi connectivity index (χ0v) is 10.2. The van der Waals surface area contributed by atoms with Crippen LogP contribution in [0.2, 0.25) is 0 Å². The zero-order valence-electron chi connectivity index (χ0n) is 10.2. The summed E-state index contributed by atoms with van der Waals surface area (Å²) in [5.41, 5.74) is -0.335. The van der Waals surface area contributed by atoms with Crippen molar-refractivity contribution in [1.29, 1.82) is 0 Å². The summed E-state index contributed by atoms with van der Waals surface area (Å²) in [6.07, 6.45) is -0.588. The lowest BCUT2D eigenvalue weighted by molar-refractivity contribution is -0.148. The molecule has 1 heterocycles. The minimum absolute atomic E-state index is 0.292. The Balaban J connectivity index is 2.19. The lowest BCUT2D eigenvalue weighted by Crippen LogP contribution is -2.34. The third kappa shape index (κ3) is 2.09. The van der Waals surface area contributed by atoms with E-state index in [1.54, 1.807) is 0 Å². The van der Waals surface area contributed by atoms with E-state index in [2.05, 4.69) is 4.74 Å². The number of carbonyl (C=O) groups excluding carboxylic acids is 2. The van der Waals surface area contributed by atoms with E-state index in [0.29, 0.717) is 6.42 Å². The van der Waals surface area contributed by atoms with Gasteiger partial charge in [-0.2, -0.15) is 0 Å². The summed E-state index contributed by atoms with van der Waals surface area (Å²) in [4.78, 5) is 23.2. The monoisotopic (exact) mass is 250 g/mol. The molecule has 1 aromatic rings. The molecule has 5 nitrogen and oxygen atoms in total. The molecule has 0 amide bonds. The SMILES string of the molecule is COC(=O)[C@H]1O[C@@]1(Cc1ccccc1)C(=O)OC. The Morgan fingerprint density at radius 3 is 2.44 bits per heavy atom. The first-order valence-electron chi connectivity index (χ1n) is 5.52. The molecule has 0 radical (unpaired) electrons. The first-order valence-corrected chi connectivity index (χ1v) is 5.52. The lowest BCUT2D eigenvalue weighted by atomic mass is 9.96. The number of epoxide rings is 1. The average molecular weight is 250 g/mol. The van der Waals surface area contributed by atoms with E-state index < -0.39 is 23.6 Å². The maximum Gasteiger partial charge on any atom is 0.341 e. The molecule has 1 fully saturated rings. The summed E-state index contributed by atoms with van der Waals surface area (Å²) in [6, 6.07) is 9.31. The van der Waals surface area contributed by atoms with Gasteiger partial charge < -0.3 is 14.2 Å². The molecule has 0 saturated carbocycles. The van der Waals surface area contributed by atoms with Crippen LogP contribution in [0.4, 0.5) is 0 Å². The van der Waals surface area contributed by atoms with Crippen molar-refractivity contribution in [2.75, 3.05) is 14.2 Å². The molecular weight excluding hydrogens is 236 g/mol. The molecule has 0 aromatic heterocycles. The summed E-state index contributed by atoms with van der Waals surface area (Å²) in [6.45, 7) is 0. The first-order chi connectivity index (χ1) is 8.64. The van der Waals surface area contributed by atoms with Crippen molar-refractivity contribution in [2.45, 2.75) is 18.1 Å². The van der Waals surface area contributed by atoms with Gasteiger partial charge in [-0.3, -0.25) is 0 Å². The standard InChI is InChI=1S/C13H14O5/c1-16-11(14)10-13(18-10,12(15)17-2)8-9-6-4-3-5-7-9/h3-7,10H,8H2,1-2H3/t10-,13-/m1/s1. The summed E-state index contributed by atoms with van der Waals surface area (Å²) >= 11 is 0. The molecule has 18 heavy (non-hydrogen) atoms. The maximum atomic E-state index is 11.8. The van der Waals surface area contributed by atoms with Crippen molar-refractivity contribution in [2.24, 2.45) is 0 Å². The van der Waals surface area contributed by atoms with Gasteiger partial charge in [0.2, 0.25) is 5.60 Å². The van der Waals surface area contributed by atoms with Crippen LogP contribution < -0.4 is 0 Å². The lowest BCUT2D eigenvalue weighted by Gasteiger charge is -2.10. The van der Waals surface area contributed by atoms with Crippen LogP contribution in [0.3, 0.4) is 0 Å². The number of esters is 2. The highest BCUT2D eigenvalue weighted by Crippen LogP contribution is 2.41. The summed E-state index contributed by atoms with van der Waals surface area (Å²) in [5.74, 6) is -1.11. The van der Waals surface area contributed by atoms with E-state index in [1.165, 1.54) is 14.2 Å². The molecular formula is C13H14O5. The quantitative estimate of drug-likeness (QED) is 0.581. The summed E-state index contributed by atoms with van der Waals surface area (Å²) in [5, 5.41) is 0. The van der Waals surface area contributed by atoms with Gasteiger partial charge in [0.1, 0.15) is 0 Å². The van der Waals surface area contributed by atoms with Crippen molar-refractivity contribution in [3.05, 3.63) is 35.9 Å². The topological polar surface area (TPSA) is 65.1 Å². The molecule has 1 aliphatic rings. The van der Waals surface area contributed by atoms with E-state index in [9.17, 15) is 9.59 Å². The molecule has 96 valence electrons. The van der Waals surface area contributed by atoms with Crippen LogP contribution in [0.1, 0.15) is 5.56 Å². The average Bonchev–Trinajstić information content (AvgIpc) is 3.13. The summed E-state index contributed by atoms with van der Waals surface area (Å²) < 4.78 is 14.6. The number of methoxy groups -OCH3 is 2. The highest BCUT2D eigenvalue weighted by Gasteiger charge is 2.68. The van der Waals surface area contributed by atoms with Crippen molar-refractivity contribution in [3.8, 4) is 0 Å². The molecule has 0 bridgehead atoms. The Labute approximate surface area is 105 Å². The third-order valence-electron chi connectivity index (χ3n) is 2.95. The number of ether oxygens (including phenoxy) is 3. The fourth-order valence-electron chi connectivity index (χ4n) is 1.96. The van der Waals surface area contributed by atoms with Gasteiger partial charge in [0, 0.05) is 6.42 Å². The molecule has 0 aliphatic carbocycles. The Kier molecular flexibility index (Phi) is 3.34. The third-order valence-corrected chi connectivity index (χ3v) is 2.95. The van der Waals surface area contributed by atoms with Crippen LogP contribution >= 0.6 is 0 Å². The van der Waals surface area contributed by atoms with Crippen LogP contribution in [0.5, 0.6) is 0 Å². The van der Waals surface area contributed by atoms with Gasteiger partial charge in [0.15, 0.2) is 6.10 Å². The largest absolute Gasteiger partial charge is 0.467 e. The van der Waals surface area contributed by atoms with Crippen LogP contribution in [-0.4, -0.2) is 37.9 Å². The Bertz CT molecular complexity index is 456. The predicted octanol–water partition coefficient (Wildman–Crippen LogP) is 0.713. The Morgan fingerprint density at radius 2 is 1.89 bits per heavy atom. The van der Waals surface area contributed by atoms with Crippen LogP contribution in [0.25, 0.3) is 0 Å². The maximum absolute atomic E-state index is 11.8. The smallest absolute Gasteiger partial charge is 0.341 e. The Morgan fingerprint density at radius 1 is 1.22 bits per heavy atom. The van der Waals surface area contributed by atoms with Crippen molar-refractivity contribution in [1.82, 2.24) is 0 Å².